The lowest BCUT2D eigenvalue weighted by Gasteiger charge is -2.23. The van der Waals surface area contributed by atoms with Gasteiger partial charge in [0.1, 0.15) is 0 Å². The third-order valence-corrected chi connectivity index (χ3v) is 8.47. The van der Waals surface area contributed by atoms with Crippen LogP contribution < -0.4 is 0 Å². The second kappa shape index (κ2) is 19.9. The van der Waals surface area contributed by atoms with Gasteiger partial charge in [-0.25, -0.2) is 4.57 Å². The fourth-order valence-corrected chi connectivity index (χ4v) is 6.38. The molecule has 1 fully saturated rings. The molecule has 0 radical (unpaired) electrons. The van der Waals surface area contributed by atoms with Crippen molar-refractivity contribution in [3.05, 3.63) is 0 Å². The Kier molecular flexibility index (Phi) is 18.9. The van der Waals surface area contributed by atoms with Crippen molar-refractivity contribution in [1.82, 2.24) is 0 Å². The molecule has 0 amide bonds. The van der Waals surface area contributed by atoms with E-state index in [1.807, 2.05) is 11.8 Å². The summed E-state index contributed by atoms with van der Waals surface area (Å²) >= 11 is 1.95. The van der Waals surface area contributed by atoms with Crippen LogP contribution in [-0.4, -0.2) is 27.9 Å². The molecule has 0 saturated heterocycles. The maximum Gasteiger partial charge on any atom is 0.469 e. The molecule has 1 rings (SSSR count). The van der Waals surface area contributed by atoms with Crippen LogP contribution in [0.25, 0.3) is 0 Å². The monoisotopic (exact) mass is 478 g/mol. The zero-order chi connectivity index (χ0) is 22.6. The third-order valence-electron chi connectivity index (χ3n) is 6.75. The van der Waals surface area contributed by atoms with E-state index in [0.717, 1.165) is 11.5 Å². The van der Waals surface area contributed by atoms with Crippen molar-refractivity contribution in [3.8, 4) is 0 Å². The molecule has 0 aliphatic heterocycles. The minimum atomic E-state index is -4.35. The normalized spacial score (nSPS) is 16.2. The lowest BCUT2D eigenvalue weighted by atomic mass is 9.93. The SMILES string of the molecule is CCCCCCCCCCCCCCCCCSCC(COP(=O)(O)O)C1CCCC1. The molecule has 1 aliphatic rings. The third kappa shape index (κ3) is 18.6. The predicted octanol–water partition coefficient (Wildman–Crippen LogP) is 8.51. The number of rotatable bonds is 22. The topological polar surface area (TPSA) is 66.8 Å². The van der Waals surface area contributed by atoms with Crippen LogP contribution in [0.3, 0.4) is 0 Å². The average Bonchev–Trinajstić information content (AvgIpc) is 3.26. The fraction of sp³-hybridized carbons (Fsp3) is 1.00. The van der Waals surface area contributed by atoms with Gasteiger partial charge >= 0.3 is 7.82 Å². The van der Waals surface area contributed by atoms with E-state index >= 15 is 0 Å². The smallest absolute Gasteiger partial charge is 0.303 e. The molecule has 1 aliphatic carbocycles. The second-order valence-electron chi connectivity index (χ2n) is 9.62. The molecule has 4 nitrogen and oxygen atoms in total. The summed E-state index contributed by atoms with van der Waals surface area (Å²) in [6.07, 6.45) is 25.8. The Labute approximate surface area is 197 Å². The fourth-order valence-electron chi connectivity index (χ4n) is 4.75. The highest BCUT2D eigenvalue weighted by molar-refractivity contribution is 7.99. The molecule has 6 heteroatoms. The Morgan fingerprint density at radius 2 is 1.26 bits per heavy atom. The molecular formula is C25H51O4PS. The van der Waals surface area contributed by atoms with Gasteiger partial charge in [0.05, 0.1) is 6.61 Å². The molecule has 1 saturated carbocycles. The Hall–Kier alpha value is 0.460. The van der Waals surface area contributed by atoms with E-state index in [0.29, 0.717) is 5.92 Å². The summed E-state index contributed by atoms with van der Waals surface area (Å²) in [4.78, 5) is 18.0. The lowest BCUT2D eigenvalue weighted by Crippen LogP contribution is -2.20. The number of unbranched alkanes of at least 4 members (excludes halogenated alkanes) is 14. The van der Waals surface area contributed by atoms with Crippen LogP contribution in [0, 0.1) is 11.8 Å². The van der Waals surface area contributed by atoms with Gasteiger partial charge in [0.15, 0.2) is 0 Å². The van der Waals surface area contributed by atoms with Crippen LogP contribution in [0.15, 0.2) is 0 Å². The van der Waals surface area contributed by atoms with Gasteiger partial charge in [-0.1, -0.05) is 122 Å². The van der Waals surface area contributed by atoms with Crippen molar-refractivity contribution in [2.24, 2.45) is 11.8 Å². The highest BCUT2D eigenvalue weighted by Crippen LogP contribution is 2.40. The summed E-state index contributed by atoms with van der Waals surface area (Å²) in [7, 11) is -4.35. The maximum atomic E-state index is 11.0. The summed E-state index contributed by atoms with van der Waals surface area (Å²) < 4.78 is 15.9. The van der Waals surface area contributed by atoms with Crippen molar-refractivity contribution < 1.29 is 18.9 Å². The van der Waals surface area contributed by atoms with E-state index in [-0.39, 0.29) is 12.5 Å². The van der Waals surface area contributed by atoms with E-state index < -0.39 is 7.82 Å². The van der Waals surface area contributed by atoms with Crippen molar-refractivity contribution in [2.45, 2.75) is 129 Å². The van der Waals surface area contributed by atoms with Gasteiger partial charge in [-0.3, -0.25) is 4.52 Å². The molecule has 0 aromatic rings. The highest BCUT2D eigenvalue weighted by atomic mass is 32.2. The van der Waals surface area contributed by atoms with Crippen LogP contribution in [0.4, 0.5) is 0 Å². The Bertz CT molecular complexity index is 437. The van der Waals surface area contributed by atoms with Crippen molar-refractivity contribution in [3.63, 3.8) is 0 Å². The van der Waals surface area contributed by atoms with Gasteiger partial charge in [-0.15, -0.1) is 0 Å². The van der Waals surface area contributed by atoms with Crippen molar-refractivity contribution >= 4 is 19.6 Å². The van der Waals surface area contributed by atoms with E-state index in [1.54, 1.807) is 0 Å². The van der Waals surface area contributed by atoms with E-state index in [2.05, 4.69) is 6.92 Å². The standard InChI is InChI=1S/C25H51O4PS/c1-2-3-4-5-6-7-8-9-10-11-12-13-14-15-18-21-31-23-25(22-29-30(26,27)28)24-19-16-17-20-24/h24-25H,2-23H2,1H3,(H2,26,27,28). The molecule has 186 valence electrons. The first-order valence-electron chi connectivity index (χ1n) is 13.3. The van der Waals surface area contributed by atoms with E-state index in [1.165, 1.54) is 122 Å². The molecule has 0 aromatic heterocycles. The first-order chi connectivity index (χ1) is 15.0. The minimum Gasteiger partial charge on any atom is -0.303 e. The van der Waals surface area contributed by atoms with Crippen LogP contribution >= 0.6 is 19.6 Å². The van der Waals surface area contributed by atoms with Crippen LogP contribution in [0.5, 0.6) is 0 Å². The van der Waals surface area contributed by atoms with Gasteiger partial charge in [0.2, 0.25) is 0 Å². The van der Waals surface area contributed by atoms with Gasteiger partial charge in [0.25, 0.3) is 0 Å². The minimum absolute atomic E-state index is 0.209. The predicted molar refractivity (Wildman–Crippen MR) is 136 cm³/mol. The maximum absolute atomic E-state index is 11.0. The summed E-state index contributed by atoms with van der Waals surface area (Å²) in [5, 5.41) is 0. The second-order valence-corrected chi connectivity index (χ2v) is 12.0. The van der Waals surface area contributed by atoms with Gasteiger partial charge in [-0.05, 0) is 29.8 Å². The van der Waals surface area contributed by atoms with Gasteiger partial charge in [-0.2, -0.15) is 11.8 Å². The first kappa shape index (κ1) is 29.5. The molecule has 0 heterocycles. The lowest BCUT2D eigenvalue weighted by molar-refractivity contribution is 0.152. The Balaban J connectivity index is 1.88. The Morgan fingerprint density at radius 1 is 0.806 bits per heavy atom. The highest BCUT2D eigenvalue weighted by Gasteiger charge is 2.27. The van der Waals surface area contributed by atoms with Crippen molar-refractivity contribution in [2.75, 3.05) is 18.1 Å². The molecule has 2 N–H and O–H groups in total. The summed E-state index contributed by atoms with van der Waals surface area (Å²) in [6, 6.07) is 0. The zero-order valence-electron chi connectivity index (χ0n) is 20.3. The largest absolute Gasteiger partial charge is 0.469 e. The molecule has 0 aromatic carbocycles. The van der Waals surface area contributed by atoms with E-state index in [9.17, 15) is 4.57 Å². The number of phosphoric ester groups is 1. The zero-order valence-corrected chi connectivity index (χ0v) is 22.0. The number of phosphoric acid groups is 1. The van der Waals surface area contributed by atoms with Crippen LogP contribution in [0.1, 0.15) is 129 Å². The quantitative estimate of drug-likeness (QED) is 0.121. The first-order valence-corrected chi connectivity index (χ1v) is 16.0. The van der Waals surface area contributed by atoms with Gasteiger partial charge in [0, 0.05) is 0 Å². The Morgan fingerprint density at radius 3 is 1.71 bits per heavy atom. The summed E-state index contributed by atoms with van der Waals surface area (Å²) in [5.74, 6) is 3.01. The molecule has 0 bridgehead atoms. The van der Waals surface area contributed by atoms with E-state index in [4.69, 9.17) is 14.3 Å². The number of hydrogen-bond acceptors (Lipinski definition) is 3. The molecule has 1 unspecified atom stereocenters. The molecule has 31 heavy (non-hydrogen) atoms. The molecule has 0 spiro atoms. The van der Waals surface area contributed by atoms with Crippen LogP contribution in [0.2, 0.25) is 0 Å². The number of hydrogen-bond donors (Lipinski definition) is 2. The molecule has 1 atom stereocenters. The van der Waals surface area contributed by atoms with Crippen LogP contribution in [-0.2, 0) is 9.09 Å². The number of thioether (sulfide) groups is 1. The summed E-state index contributed by atoms with van der Waals surface area (Å²) in [6.45, 7) is 2.49. The average molecular weight is 479 g/mol. The molecular weight excluding hydrogens is 427 g/mol. The van der Waals surface area contributed by atoms with Crippen molar-refractivity contribution in [1.29, 1.82) is 0 Å². The van der Waals surface area contributed by atoms with Gasteiger partial charge < -0.3 is 9.79 Å². The summed E-state index contributed by atoms with van der Waals surface area (Å²) in [5.41, 5.74) is 0.